The first-order valence-electron chi connectivity index (χ1n) is 20.1. The number of amides is 2. The Hall–Kier alpha value is -6.05. The van der Waals surface area contributed by atoms with Gasteiger partial charge in [0.15, 0.2) is 5.78 Å². The summed E-state index contributed by atoms with van der Waals surface area (Å²) in [4.78, 5) is 59.3. The molecule has 296 valence electrons. The number of nitrogens with one attached hydrogen (secondary N) is 1. The van der Waals surface area contributed by atoms with Gasteiger partial charge in [-0.1, -0.05) is 55.2 Å². The molecule has 0 spiro atoms. The summed E-state index contributed by atoms with van der Waals surface area (Å²) in [5, 5.41) is 21.2. The molecule has 3 atom stereocenters. The van der Waals surface area contributed by atoms with Crippen LogP contribution in [0.5, 0.6) is 5.75 Å². The van der Waals surface area contributed by atoms with Crippen molar-refractivity contribution in [3.05, 3.63) is 112 Å². The van der Waals surface area contributed by atoms with Crippen LogP contribution in [0.25, 0.3) is 11.0 Å². The maximum atomic E-state index is 13.1. The van der Waals surface area contributed by atoms with Crippen LogP contribution in [-0.2, 0) is 36.0 Å². The molecule has 57 heavy (non-hydrogen) atoms. The summed E-state index contributed by atoms with van der Waals surface area (Å²) in [6, 6.07) is 18.7. The molecule has 2 bridgehead atoms. The number of aryl methyl sites for hydroxylation is 3. The summed E-state index contributed by atoms with van der Waals surface area (Å²) in [6.07, 6.45) is 15.6. The number of imide groups is 1. The summed E-state index contributed by atoms with van der Waals surface area (Å²) < 4.78 is 4.99. The molecule has 2 aromatic carbocycles. The fraction of sp³-hybridized carbons (Fsp3) is 0.419. The topological polar surface area (TPSA) is 160 Å². The number of piperidine rings is 1. The molecule has 2 amide bonds. The minimum Gasteiger partial charge on any atom is -0.507 e. The number of allylic oxidation sites excluding steroid dienone is 1. The summed E-state index contributed by atoms with van der Waals surface area (Å²) in [6.45, 7) is 2.22. The Morgan fingerprint density at radius 3 is 2.49 bits per heavy atom. The number of carbonyl (C=O) groups is 3. The normalized spacial score (nSPS) is 19.4. The first kappa shape index (κ1) is 37.9. The van der Waals surface area contributed by atoms with Gasteiger partial charge in [0.1, 0.15) is 17.6 Å². The van der Waals surface area contributed by atoms with Crippen LogP contribution in [0.4, 0.5) is 5.82 Å². The number of rotatable bonds is 16. The van der Waals surface area contributed by atoms with Gasteiger partial charge in [0.25, 0.3) is 0 Å². The van der Waals surface area contributed by atoms with Gasteiger partial charge >= 0.3 is 5.69 Å². The number of nitrogens with zero attached hydrogens (tertiary/aromatic N) is 8. The Morgan fingerprint density at radius 1 is 0.895 bits per heavy atom. The lowest BCUT2D eigenvalue weighted by Crippen LogP contribution is -2.44. The summed E-state index contributed by atoms with van der Waals surface area (Å²) in [7, 11) is 1.73. The van der Waals surface area contributed by atoms with Gasteiger partial charge in [-0.3, -0.25) is 28.8 Å². The number of phenols is 1. The van der Waals surface area contributed by atoms with E-state index >= 15 is 0 Å². The van der Waals surface area contributed by atoms with Crippen molar-refractivity contribution in [2.24, 2.45) is 7.05 Å². The summed E-state index contributed by atoms with van der Waals surface area (Å²) in [5.74, 6) is 0.0498. The van der Waals surface area contributed by atoms with E-state index in [2.05, 4.69) is 43.6 Å². The van der Waals surface area contributed by atoms with E-state index in [1.54, 1.807) is 35.9 Å². The first-order chi connectivity index (χ1) is 27.7. The second-order valence-corrected chi connectivity index (χ2v) is 15.6. The number of phenolic OH excluding ortho intramolecular Hbond substituents is 1. The summed E-state index contributed by atoms with van der Waals surface area (Å²) >= 11 is 0. The molecule has 1 unspecified atom stereocenters. The highest BCUT2D eigenvalue weighted by atomic mass is 16.3. The van der Waals surface area contributed by atoms with E-state index in [0.29, 0.717) is 30.6 Å². The second-order valence-electron chi connectivity index (χ2n) is 15.6. The largest absolute Gasteiger partial charge is 0.507 e. The number of piperazine rings is 1. The molecule has 14 nitrogen and oxygen atoms in total. The van der Waals surface area contributed by atoms with Gasteiger partial charge in [-0.25, -0.2) is 14.5 Å². The van der Waals surface area contributed by atoms with Crippen LogP contribution in [-0.4, -0.2) is 81.9 Å². The van der Waals surface area contributed by atoms with Crippen LogP contribution in [0.1, 0.15) is 91.1 Å². The number of pyridine rings is 1. The number of likely N-dealkylation sites (tertiary alicyclic amines) is 1. The van der Waals surface area contributed by atoms with Crippen molar-refractivity contribution >= 4 is 34.4 Å². The molecule has 14 heteroatoms. The number of benzene rings is 2. The molecule has 6 heterocycles. The molecule has 2 N–H and O–H groups in total. The highest BCUT2D eigenvalue weighted by Crippen LogP contribution is 2.34. The molecule has 0 radical (unpaired) electrons. The molecular weight excluding hydrogens is 723 g/mol. The van der Waals surface area contributed by atoms with Crippen molar-refractivity contribution < 1.29 is 19.5 Å². The van der Waals surface area contributed by atoms with Crippen molar-refractivity contribution in [3.63, 3.8) is 0 Å². The van der Waals surface area contributed by atoms with Gasteiger partial charge in [0, 0.05) is 57.1 Å². The molecule has 3 saturated heterocycles. The van der Waals surface area contributed by atoms with Crippen molar-refractivity contribution in [2.45, 2.75) is 95.3 Å². The fourth-order valence-electron chi connectivity index (χ4n) is 8.64. The number of hydrogen-bond acceptors (Lipinski definition) is 10. The van der Waals surface area contributed by atoms with Gasteiger partial charge in [-0.05, 0) is 80.5 Å². The molecular formula is C43H49N9O5. The van der Waals surface area contributed by atoms with Crippen molar-refractivity contribution in [2.75, 3.05) is 18.0 Å². The molecule has 3 aromatic heterocycles. The maximum Gasteiger partial charge on any atom is 0.329 e. The number of hydrogen-bond donors (Lipinski definition) is 2. The number of ketones is 1. The predicted molar refractivity (Wildman–Crippen MR) is 215 cm³/mol. The number of imidazole rings is 1. The number of para-hydroxylation sites is 1. The van der Waals surface area contributed by atoms with Crippen LogP contribution < -0.4 is 15.9 Å². The van der Waals surface area contributed by atoms with E-state index in [1.807, 2.05) is 35.3 Å². The monoisotopic (exact) mass is 771 g/mol. The molecule has 8 rings (SSSR count). The van der Waals surface area contributed by atoms with E-state index in [0.717, 1.165) is 99.1 Å². The number of aromatic nitrogens is 6. The first-order valence-corrected chi connectivity index (χ1v) is 20.1. The number of anilines is 1. The third kappa shape index (κ3) is 8.25. The Kier molecular flexibility index (Phi) is 11.0. The lowest BCUT2D eigenvalue weighted by Gasteiger charge is -2.34. The maximum absolute atomic E-state index is 13.1. The highest BCUT2D eigenvalue weighted by molar-refractivity contribution is 6.06. The Balaban J connectivity index is 0.741. The van der Waals surface area contributed by atoms with E-state index in [-0.39, 0.29) is 29.6 Å². The second kappa shape index (κ2) is 16.6. The Morgan fingerprint density at radius 2 is 1.70 bits per heavy atom. The average molecular weight is 772 g/mol. The van der Waals surface area contributed by atoms with Crippen LogP contribution >= 0.6 is 0 Å². The van der Waals surface area contributed by atoms with Gasteiger partial charge in [-0.15, -0.1) is 5.10 Å². The minimum atomic E-state index is -0.670. The number of carbonyl (C=O) groups excluding carboxylic acids is 3. The van der Waals surface area contributed by atoms with Crippen LogP contribution in [0, 0.1) is 0 Å². The lowest BCUT2D eigenvalue weighted by atomic mass is 10.0. The predicted octanol–water partition coefficient (Wildman–Crippen LogP) is 4.84. The van der Waals surface area contributed by atoms with Gasteiger partial charge in [0.05, 0.1) is 34.5 Å². The van der Waals surface area contributed by atoms with Gasteiger partial charge < -0.3 is 14.9 Å². The Bertz CT molecular complexity index is 2380. The average Bonchev–Trinajstić information content (AvgIpc) is 3.99. The third-order valence-corrected chi connectivity index (χ3v) is 11.7. The third-order valence-electron chi connectivity index (χ3n) is 11.7. The molecule has 3 fully saturated rings. The van der Waals surface area contributed by atoms with Crippen molar-refractivity contribution in [3.8, 4) is 5.75 Å². The number of aromatic hydroxyl groups is 1. The van der Waals surface area contributed by atoms with Gasteiger partial charge in [0.2, 0.25) is 11.8 Å². The fourth-order valence-corrected chi connectivity index (χ4v) is 8.64. The Labute approximate surface area is 330 Å². The zero-order valence-electron chi connectivity index (χ0n) is 32.3. The lowest BCUT2D eigenvalue weighted by molar-refractivity contribution is -0.135. The number of unbranched alkanes of at least 4 members (excludes halogenated alkanes) is 5. The molecule has 5 aromatic rings. The zero-order chi connectivity index (χ0) is 39.5. The SMILES string of the molecule is Cn1c(=O)n(C2CCC(=O)NC2=O)c2ccc(CCCCCCCCc3cn(Cc4cccc(N5C[C@H]6C[C@@H]5CN6/C=C/C(=O)c5ccccc5O)n4)nn3)cc21. The van der Waals surface area contributed by atoms with Crippen LogP contribution in [0.15, 0.2) is 83.9 Å². The number of fused-ring (bicyclic) bond motifs is 3. The molecule has 3 aliphatic rings. The van der Waals surface area contributed by atoms with Crippen LogP contribution in [0.3, 0.4) is 0 Å². The molecule has 0 aliphatic carbocycles. The smallest absolute Gasteiger partial charge is 0.329 e. The van der Waals surface area contributed by atoms with E-state index in [4.69, 9.17) is 4.98 Å². The molecule has 0 saturated carbocycles. The summed E-state index contributed by atoms with van der Waals surface area (Å²) in [5.41, 5.74) is 4.70. The molecule has 3 aliphatic heterocycles. The highest BCUT2D eigenvalue weighted by Gasteiger charge is 2.42. The standard InChI is InChI=1S/C43H49N9O5/c1-48-37-23-29(17-18-35(37)52(43(48)57)36-19-20-41(55)45-42(36)56)11-6-4-2-3-5-7-12-31-26-50(47-46-31)25-30-13-10-16-40(44-30)51-28-32-24-33(51)27-49(32)22-21-39(54)34-14-8-9-15-38(34)53/h8-10,13-18,21-23,26,32-33,36,53H,2-7,11-12,19-20,24-25,27-28H2,1H3,(H,45,55,56)/b22-21+/t32-,33-,36?/m1/s1. The zero-order valence-corrected chi connectivity index (χ0v) is 32.3. The van der Waals surface area contributed by atoms with E-state index < -0.39 is 11.9 Å². The minimum absolute atomic E-state index is 0.00177. The van der Waals surface area contributed by atoms with Crippen LogP contribution in [0.2, 0.25) is 0 Å². The van der Waals surface area contributed by atoms with E-state index in [9.17, 15) is 24.3 Å². The quantitative estimate of drug-likeness (QED) is 0.0615. The van der Waals surface area contributed by atoms with Crippen molar-refractivity contribution in [1.29, 1.82) is 0 Å². The van der Waals surface area contributed by atoms with E-state index in [1.165, 1.54) is 16.2 Å². The van der Waals surface area contributed by atoms with Crippen molar-refractivity contribution in [1.82, 2.24) is 39.3 Å². The van der Waals surface area contributed by atoms with Gasteiger partial charge in [-0.2, -0.15) is 0 Å².